The Morgan fingerprint density at radius 2 is 2.06 bits per heavy atom. The molecule has 1 saturated heterocycles. The fraction of sp³-hybridized carbons (Fsp3) is 0.571. The van der Waals surface area contributed by atoms with Crippen molar-refractivity contribution in [2.24, 2.45) is 0 Å². The zero-order valence-corrected chi connectivity index (χ0v) is 12.1. The predicted octanol–water partition coefficient (Wildman–Crippen LogP) is 3.69. The molecule has 1 fully saturated rings. The quantitative estimate of drug-likeness (QED) is 0.912. The van der Waals surface area contributed by atoms with Gasteiger partial charge in [-0.25, -0.2) is 0 Å². The molecule has 0 unspecified atom stereocenters. The minimum Gasteiger partial charge on any atom is -0.381 e. The monoisotopic (exact) mass is 287 g/mol. The lowest BCUT2D eigenvalue weighted by atomic mass is 10.0. The first-order valence-corrected chi connectivity index (χ1v) is 7.18. The highest BCUT2D eigenvalue weighted by molar-refractivity contribution is 6.35. The topological polar surface area (TPSA) is 21.3 Å². The van der Waals surface area contributed by atoms with Gasteiger partial charge in [0.1, 0.15) is 0 Å². The molecule has 0 bridgehead atoms. The number of rotatable bonds is 4. The van der Waals surface area contributed by atoms with Crippen LogP contribution in [0.3, 0.4) is 0 Å². The van der Waals surface area contributed by atoms with Crippen molar-refractivity contribution < 1.29 is 4.74 Å². The van der Waals surface area contributed by atoms with Gasteiger partial charge in [0.05, 0.1) is 0 Å². The van der Waals surface area contributed by atoms with E-state index in [1.807, 2.05) is 12.1 Å². The molecule has 0 spiro atoms. The molecule has 2 rings (SSSR count). The number of halogens is 2. The molecule has 1 aliphatic rings. The average molecular weight is 288 g/mol. The van der Waals surface area contributed by atoms with Crippen molar-refractivity contribution in [2.75, 3.05) is 13.2 Å². The number of ether oxygens (including phenoxy) is 1. The first-order chi connectivity index (χ1) is 8.65. The smallest absolute Gasteiger partial charge is 0.0480 e. The van der Waals surface area contributed by atoms with E-state index in [1.54, 1.807) is 6.07 Å². The second-order valence-electron chi connectivity index (χ2n) is 4.89. The van der Waals surface area contributed by atoms with Crippen LogP contribution in [0, 0.1) is 0 Å². The predicted molar refractivity (Wildman–Crippen MR) is 76.6 cm³/mol. The Kier molecular flexibility index (Phi) is 5.31. The van der Waals surface area contributed by atoms with Crippen molar-refractivity contribution in [3.8, 4) is 0 Å². The Labute approximate surface area is 119 Å². The van der Waals surface area contributed by atoms with Gasteiger partial charge in [0, 0.05) is 35.3 Å². The number of benzene rings is 1. The van der Waals surface area contributed by atoms with Crippen LogP contribution in [-0.2, 0) is 11.2 Å². The summed E-state index contributed by atoms with van der Waals surface area (Å²) >= 11 is 12.1. The minimum atomic E-state index is 0.409. The fourth-order valence-electron chi connectivity index (χ4n) is 2.34. The number of hydrogen-bond acceptors (Lipinski definition) is 2. The molecule has 0 saturated carbocycles. The second kappa shape index (κ2) is 6.76. The Morgan fingerprint density at radius 1 is 1.33 bits per heavy atom. The second-order valence-corrected chi connectivity index (χ2v) is 5.74. The zero-order valence-electron chi connectivity index (χ0n) is 10.6. The van der Waals surface area contributed by atoms with Crippen molar-refractivity contribution in [2.45, 2.75) is 38.3 Å². The van der Waals surface area contributed by atoms with Crippen molar-refractivity contribution in [3.63, 3.8) is 0 Å². The van der Waals surface area contributed by atoms with Crippen LogP contribution in [0.2, 0.25) is 10.0 Å². The molecule has 1 atom stereocenters. The maximum absolute atomic E-state index is 6.18. The van der Waals surface area contributed by atoms with Crippen LogP contribution >= 0.6 is 23.2 Å². The van der Waals surface area contributed by atoms with E-state index in [0.717, 1.165) is 43.1 Å². The third-order valence-electron chi connectivity index (χ3n) is 3.28. The van der Waals surface area contributed by atoms with E-state index in [4.69, 9.17) is 27.9 Å². The molecule has 1 aromatic rings. The Balaban J connectivity index is 1.87. The van der Waals surface area contributed by atoms with Gasteiger partial charge in [0.15, 0.2) is 0 Å². The summed E-state index contributed by atoms with van der Waals surface area (Å²) < 4.78 is 5.36. The van der Waals surface area contributed by atoms with Gasteiger partial charge in [-0.05, 0) is 43.9 Å². The Morgan fingerprint density at radius 3 is 2.72 bits per heavy atom. The molecular weight excluding hydrogens is 269 g/mol. The molecule has 0 radical (unpaired) electrons. The summed E-state index contributed by atoms with van der Waals surface area (Å²) in [6, 6.07) is 6.68. The molecule has 0 amide bonds. The summed E-state index contributed by atoms with van der Waals surface area (Å²) in [5.41, 5.74) is 1.15. The molecule has 1 heterocycles. The van der Waals surface area contributed by atoms with Crippen LogP contribution in [0.1, 0.15) is 25.3 Å². The molecule has 1 N–H and O–H groups in total. The molecule has 0 aromatic heterocycles. The highest BCUT2D eigenvalue weighted by Crippen LogP contribution is 2.22. The van der Waals surface area contributed by atoms with Crippen LogP contribution in [0.5, 0.6) is 0 Å². The first-order valence-electron chi connectivity index (χ1n) is 6.43. The van der Waals surface area contributed by atoms with E-state index in [9.17, 15) is 0 Å². The van der Waals surface area contributed by atoms with Crippen LogP contribution in [0.4, 0.5) is 0 Å². The zero-order chi connectivity index (χ0) is 13.0. The van der Waals surface area contributed by atoms with Crippen LogP contribution in [-0.4, -0.2) is 25.3 Å². The van der Waals surface area contributed by atoms with Crippen molar-refractivity contribution in [1.82, 2.24) is 5.32 Å². The van der Waals surface area contributed by atoms with Gasteiger partial charge in [-0.15, -0.1) is 0 Å². The maximum Gasteiger partial charge on any atom is 0.0480 e. The number of hydrogen-bond donors (Lipinski definition) is 1. The summed E-state index contributed by atoms with van der Waals surface area (Å²) in [6.45, 7) is 3.93. The molecule has 1 aromatic carbocycles. The van der Waals surface area contributed by atoms with Gasteiger partial charge in [0.25, 0.3) is 0 Å². The average Bonchev–Trinajstić information content (AvgIpc) is 2.34. The fourth-order valence-corrected chi connectivity index (χ4v) is 2.83. The molecule has 1 aliphatic heterocycles. The molecule has 100 valence electrons. The Hall–Kier alpha value is -0.280. The Bertz CT molecular complexity index is 391. The van der Waals surface area contributed by atoms with E-state index >= 15 is 0 Å². The van der Waals surface area contributed by atoms with Crippen LogP contribution in [0.15, 0.2) is 18.2 Å². The van der Waals surface area contributed by atoms with Crippen LogP contribution in [0.25, 0.3) is 0 Å². The lowest BCUT2D eigenvalue weighted by Gasteiger charge is -2.27. The standard InChI is InChI=1S/C14H19Cl2NO/c1-10(17-13-4-6-18-7-5-13)8-11-2-3-12(15)9-14(11)16/h2-3,9-10,13,17H,4-8H2,1H3/t10-/m1/s1. The summed E-state index contributed by atoms with van der Waals surface area (Å²) in [7, 11) is 0. The van der Waals surface area contributed by atoms with E-state index in [2.05, 4.69) is 12.2 Å². The first kappa shape index (κ1) is 14.1. The molecule has 4 heteroatoms. The van der Waals surface area contributed by atoms with Crippen molar-refractivity contribution in [3.05, 3.63) is 33.8 Å². The summed E-state index contributed by atoms with van der Waals surface area (Å²) in [5, 5.41) is 5.08. The largest absolute Gasteiger partial charge is 0.381 e. The maximum atomic E-state index is 6.18. The molecular formula is C14H19Cl2NO. The minimum absolute atomic E-state index is 0.409. The third-order valence-corrected chi connectivity index (χ3v) is 3.87. The van der Waals surface area contributed by atoms with Crippen molar-refractivity contribution in [1.29, 1.82) is 0 Å². The van der Waals surface area contributed by atoms with E-state index in [1.165, 1.54) is 0 Å². The summed E-state index contributed by atoms with van der Waals surface area (Å²) in [6.07, 6.45) is 3.12. The highest BCUT2D eigenvalue weighted by atomic mass is 35.5. The van der Waals surface area contributed by atoms with E-state index in [-0.39, 0.29) is 0 Å². The summed E-state index contributed by atoms with van der Waals surface area (Å²) in [5.74, 6) is 0. The van der Waals surface area contributed by atoms with Gasteiger partial charge >= 0.3 is 0 Å². The molecule has 0 aliphatic carbocycles. The normalized spacial score (nSPS) is 18.8. The highest BCUT2D eigenvalue weighted by Gasteiger charge is 2.16. The van der Waals surface area contributed by atoms with Gasteiger partial charge in [-0.3, -0.25) is 0 Å². The van der Waals surface area contributed by atoms with Gasteiger partial charge in [-0.1, -0.05) is 29.3 Å². The van der Waals surface area contributed by atoms with Gasteiger partial charge in [-0.2, -0.15) is 0 Å². The van der Waals surface area contributed by atoms with E-state index < -0.39 is 0 Å². The summed E-state index contributed by atoms with van der Waals surface area (Å²) in [4.78, 5) is 0. The molecule has 2 nitrogen and oxygen atoms in total. The van der Waals surface area contributed by atoms with E-state index in [0.29, 0.717) is 17.1 Å². The van der Waals surface area contributed by atoms with Gasteiger partial charge in [0.2, 0.25) is 0 Å². The van der Waals surface area contributed by atoms with Gasteiger partial charge < -0.3 is 10.1 Å². The number of nitrogens with one attached hydrogen (secondary N) is 1. The third kappa shape index (κ3) is 4.13. The van der Waals surface area contributed by atoms with Crippen molar-refractivity contribution >= 4 is 23.2 Å². The lowest BCUT2D eigenvalue weighted by Crippen LogP contribution is -2.41. The van der Waals surface area contributed by atoms with Crippen LogP contribution < -0.4 is 5.32 Å². The lowest BCUT2D eigenvalue weighted by molar-refractivity contribution is 0.0755. The molecule has 18 heavy (non-hydrogen) atoms. The SMILES string of the molecule is C[C@H](Cc1ccc(Cl)cc1Cl)NC1CCOCC1.